The predicted molar refractivity (Wildman–Crippen MR) is 87.7 cm³/mol. The summed E-state index contributed by atoms with van der Waals surface area (Å²) in [7, 11) is -1.54. The van der Waals surface area contributed by atoms with E-state index in [2.05, 4.69) is 10.4 Å². The molecule has 1 heterocycles. The number of alkyl halides is 3. The molecule has 0 aliphatic heterocycles. The number of sulfonamides is 1. The van der Waals surface area contributed by atoms with Gasteiger partial charge in [0.2, 0.25) is 0 Å². The third-order valence-electron chi connectivity index (χ3n) is 3.13. The molecule has 0 radical (unpaired) electrons. The normalized spacial score (nSPS) is 11.9. The van der Waals surface area contributed by atoms with Gasteiger partial charge >= 0.3 is 6.18 Å². The van der Waals surface area contributed by atoms with Crippen LogP contribution >= 0.6 is 11.6 Å². The van der Waals surface area contributed by atoms with Crippen molar-refractivity contribution in [3.05, 3.63) is 41.0 Å². The van der Waals surface area contributed by atoms with Gasteiger partial charge in [-0.05, 0) is 18.2 Å². The molecule has 1 aromatic heterocycles. The van der Waals surface area contributed by atoms with Crippen LogP contribution in [-0.4, -0.2) is 27.6 Å². The molecular weight excluding hydrogens is 399 g/mol. The first kappa shape index (κ1) is 20.1. The van der Waals surface area contributed by atoms with Crippen LogP contribution in [0.1, 0.15) is 5.56 Å². The first-order chi connectivity index (χ1) is 12.1. The van der Waals surface area contributed by atoms with Gasteiger partial charge in [0, 0.05) is 12.3 Å². The Morgan fingerprint density at radius 3 is 2.38 bits per heavy atom. The summed E-state index contributed by atoms with van der Waals surface area (Å²) in [6, 6.07) is 4.72. The van der Waals surface area contributed by atoms with Crippen molar-refractivity contribution in [3.8, 4) is 11.5 Å². The fourth-order valence-electron chi connectivity index (χ4n) is 1.85. The number of methoxy groups -OCH3 is 2. The molecule has 1 aromatic carbocycles. The quantitative estimate of drug-likeness (QED) is 0.710. The highest BCUT2D eigenvalue weighted by atomic mass is 35.5. The minimum Gasteiger partial charge on any atom is -0.497 e. The fraction of sp³-hybridized carbons (Fsp3) is 0.214. The van der Waals surface area contributed by atoms with Crippen molar-refractivity contribution in [1.29, 1.82) is 0 Å². The Kier molecular flexibility index (Phi) is 5.84. The number of nitrogens with one attached hydrogen (secondary N) is 2. The molecule has 142 valence electrons. The topological polar surface area (TPSA) is 89.5 Å². The van der Waals surface area contributed by atoms with Crippen molar-refractivity contribution < 1.29 is 31.1 Å². The highest BCUT2D eigenvalue weighted by Gasteiger charge is 2.31. The van der Waals surface area contributed by atoms with Gasteiger partial charge in [0.15, 0.2) is 5.82 Å². The SMILES string of the molecule is COc1ccc(OC)c(S(=O)(=O)NNc2ncc(C(F)(F)F)cc2Cl)c1. The highest BCUT2D eigenvalue weighted by molar-refractivity contribution is 7.89. The summed E-state index contributed by atoms with van der Waals surface area (Å²) in [6.07, 6.45) is -4.10. The van der Waals surface area contributed by atoms with Crippen LogP contribution in [0.25, 0.3) is 0 Å². The lowest BCUT2D eigenvalue weighted by molar-refractivity contribution is -0.137. The monoisotopic (exact) mass is 411 g/mol. The first-order valence-corrected chi connectivity index (χ1v) is 8.67. The summed E-state index contributed by atoms with van der Waals surface area (Å²) in [5.41, 5.74) is 1.11. The second-order valence-electron chi connectivity index (χ2n) is 4.80. The van der Waals surface area contributed by atoms with Crippen LogP contribution in [0.2, 0.25) is 5.02 Å². The third-order valence-corrected chi connectivity index (χ3v) is 4.69. The molecule has 0 aliphatic carbocycles. The lowest BCUT2D eigenvalue weighted by Gasteiger charge is -2.14. The van der Waals surface area contributed by atoms with Gasteiger partial charge in [-0.15, -0.1) is 4.83 Å². The summed E-state index contributed by atoms with van der Waals surface area (Å²) >= 11 is 5.71. The van der Waals surface area contributed by atoms with Crippen LogP contribution in [0.4, 0.5) is 19.0 Å². The van der Waals surface area contributed by atoms with E-state index in [4.69, 9.17) is 21.1 Å². The van der Waals surface area contributed by atoms with E-state index in [1.165, 1.54) is 32.4 Å². The van der Waals surface area contributed by atoms with Crippen molar-refractivity contribution >= 4 is 27.4 Å². The Morgan fingerprint density at radius 2 is 1.85 bits per heavy atom. The zero-order valence-corrected chi connectivity index (χ0v) is 15.0. The van der Waals surface area contributed by atoms with Gasteiger partial charge in [-0.2, -0.15) is 13.2 Å². The lowest BCUT2D eigenvalue weighted by atomic mass is 10.3. The van der Waals surface area contributed by atoms with E-state index in [9.17, 15) is 21.6 Å². The number of hydrogen-bond donors (Lipinski definition) is 2. The number of rotatable bonds is 6. The smallest absolute Gasteiger partial charge is 0.417 e. The largest absolute Gasteiger partial charge is 0.497 e. The number of hydrazine groups is 1. The summed E-state index contributed by atoms with van der Waals surface area (Å²) in [6.45, 7) is 0. The molecule has 2 N–H and O–H groups in total. The predicted octanol–water partition coefficient (Wildman–Crippen LogP) is 3.08. The van der Waals surface area contributed by atoms with E-state index >= 15 is 0 Å². The third kappa shape index (κ3) is 4.48. The van der Waals surface area contributed by atoms with E-state index in [-0.39, 0.29) is 22.2 Å². The summed E-state index contributed by atoms with van der Waals surface area (Å²) in [5, 5.41) is -0.417. The van der Waals surface area contributed by atoms with E-state index in [1.54, 1.807) is 0 Å². The molecule has 12 heteroatoms. The maximum Gasteiger partial charge on any atom is 0.417 e. The van der Waals surface area contributed by atoms with Gasteiger partial charge in [0.1, 0.15) is 16.4 Å². The van der Waals surface area contributed by atoms with Gasteiger partial charge in [0.25, 0.3) is 10.0 Å². The van der Waals surface area contributed by atoms with E-state index < -0.39 is 26.8 Å². The molecular formula is C14H13ClF3N3O4S. The number of hydrogen-bond acceptors (Lipinski definition) is 6. The molecule has 0 saturated heterocycles. The second kappa shape index (κ2) is 7.56. The standard InChI is InChI=1S/C14H13ClF3N3O4S/c1-24-9-3-4-11(25-2)12(6-9)26(22,23)21-20-13-10(15)5-8(7-19-13)14(16,17)18/h3-7,21H,1-2H3,(H,19,20). The summed E-state index contributed by atoms with van der Waals surface area (Å²) < 4.78 is 72.6. The van der Waals surface area contributed by atoms with Crippen LogP contribution in [-0.2, 0) is 16.2 Å². The molecule has 0 unspecified atom stereocenters. The van der Waals surface area contributed by atoms with Crippen LogP contribution in [0.5, 0.6) is 11.5 Å². The van der Waals surface area contributed by atoms with E-state index in [0.717, 1.165) is 0 Å². The Hall–Kier alpha value is -2.24. The number of ether oxygens (including phenoxy) is 2. The van der Waals surface area contributed by atoms with E-state index in [1.807, 2.05) is 4.83 Å². The Balaban J connectivity index is 2.26. The minimum atomic E-state index is -4.62. The average molecular weight is 412 g/mol. The number of aromatic nitrogens is 1. The molecule has 2 rings (SSSR count). The summed E-state index contributed by atoms with van der Waals surface area (Å²) in [5.74, 6) is -0.00598. The van der Waals surface area contributed by atoms with Gasteiger partial charge in [0.05, 0.1) is 24.8 Å². The first-order valence-electron chi connectivity index (χ1n) is 6.81. The van der Waals surface area contributed by atoms with Gasteiger partial charge in [-0.25, -0.2) is 13.4 Å². The fourth-order valence-corrected chi connectivity index (χ4v) is 3.09. The molecule has 0 saturated carbocycles. The second-order valence-corrected chi connectivity index (χ2v) is 6.86. The maximum absolute atomic E-state index is 12.6. The van der Waals surface area contributed by atoms with Crippen molar-refractivity contribution in [2.75, 3.05) is 19.6 Å². The van der Waals surface area contributed by atoms with Crippen molar-refractivity contribution in [3.63, 3.8) is 0 Å². The Labute approximate surface area is 152 Å². The van der Waals surface area contributed by atoms with Crippen molar-refractivity contribution in [1.82, 2.24) is 9.82 Å². The molecule has 26 heavy (non-hydrogen) atoms. The molecule has 0 fully saturated rings. The number of anilines is 1. The summed E-state index contributed by atoms with van der Waals surface area (Å²) in [4.78, 5) is 5.19. The molecule has 0 bridgehead atoms. The van der Waals surface area contributed by atoms with Crippen molar-refractivity contribution in [2.45, 2.75) is 11.1 Å². The lowest BCUT2D eigenvalue weighted by Crippen LogP contribution is -2.30. The molecule has 2 aromatic rings. The number of nitrogens with zero attached hydrogens (tertiary/aromatic N) is 1. The highest BCUT2D eigenvalue weighted by Crippen LogP contribution is 2.32. The average Bonchev–Trinajstić information content (AvgIpc) is 2.59. The molecule has 0 aliphatic rings. The maximum atomic E-state index is 12.6. The molecule has 7 nitrogen and oxygen atoms in total. The molecule has 0 spiro atoms. The Bertz CT molecular complexity index is 907. The van der Waals surface area contributed by atoms with Gasteiger partial charge < -0.3 is 9.47 Å². The van der Waals surface area contributed by atoms with Crippen LogP contribution in [0.3, 0.4) is 0 Å². The molecule has 0 amide bonds. The van der Waals surface area contributed by atoms with Gasteiger partial charge in [-0.1, -0.05) is 11.6 Å². The zero-order valence-electron chi connectivity index (χ0n) is 13.4. The van der Waals surface area contributed by atoms with Crippen LogP contribution in [0, 0.1) is 0 Å². The van der Waals surface area contributed by atoms with Crippen LogP contribution in [0.15, 0.2) is 35.4 Å². The number of benzene rings is 1. The Morgan fingerprint density at radius 1 is 1.15 bits per heavy atom. The number of halogens is 4. The number of pyridine rings is 1. The van der Waals surface area contributed by atoms with Crippen molar-refractivity contribution in [2.24, 2.45) is 0 Å². The molecule has 0 atom stereocenters. The minimum absolute atomic E-state index is 0.0339. The van der Waals surface area contributed by atoms with Crippen LogP contribution < -0.4 is 19.7 Å². The van der Waals surface area contributed by atoms with Gasteiger partial charge in [-0.3, -0.25) is 5.43 Å². The zero-order chi connectivity index (χ0) is 19.5. The van der Waals surface area contributed by atoms with E-state index in [0.29, 0.717) is 12.3 Å².